The molecule has 180 valence electrons. The Kier molecular flexibility index (Phi) is 6.92. The molecule has 1 aromatic carbocycles. The number of hydrogen-bond donors (Lipinski definition) is 1. The van der Waals surface area contributed by atoms with E-state index in [1.807, 2.05) is 41.4 Å². The lowest BCUT2D eigenvalue weighted by molar-refractivity contribution is 0.143. The van der Waals surface area contributed by atoms with Crippen LogP contribution in [0.2, 0.25) is 0 Å². The Balaban J connectivity index is 1.56. The topological polar surface area (TPSA) is 55.7 Å². The smallest absolute Gasteiger partial charge is 0.318 e. The molecule has 0 radical (unpaired) electrons. The van der Waals surface area contributed by atoms with Gasteiger partial charge in [0.15, 0.2) is 0 Å². The monoisotopic (exact) mass is 479 g/mol. The third-order valence-corrected chi connectivity index (χ3v) is 8.13. The van der Waals surface area contributed by atoms with Gasteiger partial charge >= 0.3 is 6.03 Å². The van der Waals surface area contributed by atoms with Crippen LogP contribution in [0.15, 0.2) is 42.6 Å². The van der Waals surface area contributed by atoms with Crippen molar-refractivity contribution in [1.82, 2.24) is 14.8 Å². The molecule has 6 nitrogen and oxygen atoms in total. The number of carbonyl (C=O) groups is 1. The van der Waals surface area contributed by atoms with E-state index in [1.54, 1.807) is 7.11 Å². The van der Waals surface area contributed by atoms with Crippen molar-refractivity contribution >= 4 is 17.4 Å². The third-order valence-electron chi connectivity index (χ3n) is 6.80. The first-order valence-corrected chi connectivity index (χ1v) is 13.1. The quantitative estimate of drug-likeness (QED) is 0.458. The number of thiophene rings is 1. The summed E-state index contributed by atoms with van der Waals surface area (Å²) < 4.78 is 13.3. The van der Waals surface area contributed by atoms with E-state index in [-0.39, 0.29) is 12.1 Å². The summed E-state index contributed by atoms with van der Waals surface area (Å²) in [6.45, 7) is 4.53. The van der Waals surface area contributed by atoms with E-state index >= 15 is 0 Å². The predicted octanol–water partition coefficient (Wildman–Crippen LogP) is 5.47. The molecule has 34 heavy (non-hydrogen) atoms. The molecule has 0 saturated heterocycles. The van der Waals surface area contributed by atoms with Crippen molar-refractivity contribution in [3.8, 4) is 10.8 Å². The number of carbonyl (C=O) groups excluding carboxylic acids is 1. The number of benzene rings is 1. The fourth-order valence-electron chi connectivity index (χ4n) is 5.16. The molecule has 0 unspecified atom stereocenters. The number of rotatable bonds is 7. The van der Waals surface area contributed by atoms with Crippen molar-refractivity contribution in [2.45, 2.75) is 51.6 Å². The van der Waals surface area contributed by atoms with Crippen LogP contribution >= 0.6 is 11.3 Å². The number of nitrogens with one attached hydrogen (secondary N) is 1. The summed E-state index contributed by atoms with van der Waals surface area (Å²) in [5.41, 5.74) is 4.93. The summed E-state index contributed by atoms with van der Waals surface area (Å²) in [5.74, 6) is 0.795. The molecule has 1 aliphatic heterocycles. The summed E-state index contributed by atoms with van der Waals surface area (Å²) in [4.78, 5) is 17.2. The molecule has 2 aromatic heterocycles. The van der Waals surface area contributed by atoms with Crippen LogP contribution in [0.1, 0.15) is 59.5 Å². The molecule has 2 amide bonds. The maximum Gasteiger partial charge on any atom is 0.318 e. The highest BCUT2D eigenvalue weighted by Gasteiger charge is 2.36. The summed E-state index contributed by atoms with van der Waals surface area (Å²) in [6, 6.07) is 12.1. The van der Waals surface area contributed by atoms with Crippen LogP contribution in [0.5, 0.6) is 5.75 Å². The number of ether oxygens (including phenoxy) is 2. The highest BCUT2D eigenvalue weighted by atomic mass is 32.1. The zero-order valence-corrected chi connectivity index (χ0v) is 20.8. The van der Waals surface area contributed by atoms with Gasteiger partial charge in [-0.1, -0.05) is 12.1 Å². The highest BCUT2D eigenvalue weighted by molar-refractivity contribution is 7.15. The van der Waals surface area contributed by atoms with E-state index in [1.165, 1.54) is 33.8 Å². The van der Waals surface area contributed by atoms with E-state index in [0.29, 0.717) is 26.3 Å². The Morgan fingerprint density at radius 2 is 2.06 bits per heavy atom. The van der Waals surface area contributed by atoms with Crippen LogP contribution in [0.25, 0.3) is 5.00 Å². The van der Waals surface area contributed by atoms with Crippen molar-refractivity contribution in [2.75, 3.05) is 26.9 Å². The first-order valence-electron chi connectivity index (χ1n) is 12.3. The molecule has 1 aliphatic carbocycles. The fourth-order valence-corrected chi connectivity index (χ4v) is 6.57. The molecule has 2 aliphatic rings. The predicted molar refractivity (Wildman–Crippen MR) is 135 cm³/mol. The van der Waals surface area contributed by atoms with Gasteiger partial charge in [-0.3, -0.25) is 0 Å². The lowest BCUT2D eigenvalue weighted by Gasteiger charge is -2.31. The number of fused-ring (bicyclic) bond motifs is 5. The molecular weight excluding hydrogens is 446 g/mol. The van der Waals surface area contributed by atoms with Gasteiger partial charge in [-0.05, 0) is 74.4 Å². The van der Waals surface area contributed by atoms with Gasteiger partial charge < -0.3 is 24.3 Å². The molecule has 3 heterocycles. The first kappa shape index (κ1) is 23.0. The van der Waals surface area contributed by atoms with Crippen molar-refractivity contribution in [3.63, 3.8) is 0 Å². The van der Waals surface area contributed by atoms with Gasteiger partial charge in [0.2, 0.25) is 0 Å². The Morgan fingerprint density at radius 1 is 1.18 bits per heavy atom. The van der Waals surface area contributed by atoms with Crippen LogP contribution < -0.4 is 10.1 Å². The minimum Gasteiger partial charge on any atom is -0.497 e. The molecular formula is C27H33N3O3S. The average molecular weight is 480 g/mol. The van der Waals surface area contributed by atoms with Gasteiger partial charge in [-0.2, -0.15) is 0 Å². The van der Waals surface area contributed by atoms with E-state index in [0.717, 1.165) is 36.3 Å². The van der Waals surface area contributed by atoms with Crippen LogP contribution in [-0.2, 0) is 24.1 Å². The number of amides is 2. The van der Waals surface area contributed by atoms with Gasteiger partial charge in [0, 0.05) is 36.4 Å². The van der Waals surface area contributed by atoms with Gasteiger partial charge in [0.25, 0.3) is 0 Å². The second-order valence-electron chi connectivity index (χ2n) is 8.89. The van der Waals surface area contributed by atoms with E-state index in [9.17, 15) is 4.79 Å². The van der Waals surface area contributed by atoms with Gasteiger partial charge in [-0.25, -0.2) is 4.79 Å². The largest absolute Gasteiger partial charge is 0.497 e. The highest BCUT2D eigenvalue weighted by Crippen LogP contribution is 2.44. The zero-order chi connectivity index (χ0) is 23.5. The van der Waals surface area contributed by atoms with Crippen LogP contribution in [-0.4, -0.2) is 42.4 Å². The summed E-state index contributed by atoms with van der Waals surface area (Å²) in [6.07, 6.45) is 7.66. The molecule has 0 saturated carbocycles. The van der Waals surface area contributed by atoms with E-state index in [4.69, 9.17) is 9.47 Å². The molecule has 1 N–H and O–H groups in total. The minimum atomic E-state index is -0.212. The average Bonchev–Trinajstić information content (AvgIpc) is 3.45. The Hall–Kier alpha value is -2.77. The maximum absolute atomic E-state index is 13.7. The number of nitrogens with zero attached hydrogens (tertiary/aromatic N) is 2. The molecule has 3 aromatic rings. The maximum atomic E-state index is 13.7. The third kappa shape index (κ3) is 4.34. The minimum absolute atomic E-state index is 0.0410. The van der Waals surface area contributed by atoms with E-state index in [2.05, 4.69) is 34.3 Å². The fraction of sp³-hybridized carbons (Fsp3) is 0.444. The standard InChI is InChI=1S/C27H33N3O3S/c1-3-33-16-8-14-28-27(31)30-18-22-21-11-4-5-13-24(21)34-26(22)29-15-7-12-23(29)25(30)19-9-6-10-20(17-19)32-2/h6-7,9-10,12,15,17,25H,3-5,8,11,13-14,16,18H2,1-2H3,(H,28,31)/t25-/m0/s1. The number of aromatic nitrogens is 1. The van der Waals surface area contributed by atoms with Gasteiger partial charge in [0.05, 0.1) is 25.4 Å². The lowest BCUT2D eigenvalue weighted by Crippen LogP contribution is -2.42. The van der Waals surface area contributed by atoms with E-state index < -0.39 is 0 Å². The first-order chi connectivity index (χ1) is 16.7. The molecule has 0 spiro atoms. The van der Waals surface area contributed by atoms with Gasteiger partial charge in [0.1, 0.15) is 10.8 Å². The molecule has 0 bridgehead atoms. The Labute approximate surface area is 205 Å². The van der Waals surface area contributed by atoms with Crippen molar-refractivity contribution < 1.29 is 14.3 Å². The normalized spacial score (nSPS) is 16.9. The number of hydrogen-bond acceptors (Lipinski definition) is 4. The summed E-state index contributed by atoms with van der Waals surface area (Å²) in [5, 5.41) is 4.43. The SMILES string of the molecule is CCOCCCNC(=O)N1Cc2c(sc3c2CCCC3)-n2cccc2[C@@H]1c1cccc(OC)c1. The lowest BCUT2D eigenvalue weighted by atomic mass is 9.95. The Bertz CT molecular complexity index is 1150. The zero-order valence-electron chi connectivity index (χ0n) is 20.0. The molecule has 0 fully saturated rings. The second kappa shape index (κ2) is 10.2. The number of aryl methyl sites for hydroxylation is 1. The van der Waals surface area contributed by atoms with Crippen molar-refractivity contribution in [1.29, 1.82) is 0 Å². The summed E-state index contributed by atoms with van der Waals surface area (Å²) >= 11 is 1.91. The van der Waals surface area contributed by atoms with Crippen molar-refractivity contribution in [3.05, 3.63) is 69.9 Å². The Morgan fingerprint density at radius 3 is 2.91 bits per heavy atom. The number of urea groups is 1. The van der Waals surface area contributed by atoms with Crippen molar-refractivity contribution in [2.24, 2.45) is 0 Å². The second-order valence-corrected chi connectivity index (χ2v) is 9.97. The molecule has 5 rings (SSSR count). The van der Waals surface area contributed by atoms with Crippen LogP contribution in [0.3, 0.4) is 0 Å². The molecule has 1 atom stereocenters. The van der Waals surface area contributed by atoms with Gasteiger partial charge in [-0.15, -0.1) is 11.3 Å². The molecule has 7 heteroatoms. The van der Waals surface area contributed by atoms with Crippen LogP contribution in [0, 0.1) is 0 Å². The summed E-state index contributed by atoms with van der Waals surface area (Å²) in [7, 11) is 1.68. The van der Waals surface area contributed by atoms with Crippen LogP contribution in [0.4, 0.5) is 4.79 Å². The number of methoxy groups -OCH3 is 1.